The first-order valence-corrected chi connectivity index (χ1v) is 20.2. The fourth-order valence-electron chi connectivity index (χ4n) is 6.04. The molecular formula is C40H78O6. The van der Waals surface area contributed by atoms with Gasteiger partial charge in [-0.25, -0.2) is 0 Å². The summed E-state index contributed by atoms with van der Waals surface area (Å²) in [6.07, 6.45) is 34.4. The van der Waals surface area contributed by atoms with Crippen LogP contribution in [0.2, 0.25) is 0 Å². The summed E-state index contributed by atoms with van der Waals surface area (Å²) in [7, 11) is 0. The van der Waals surface area contributed by atoms with Crippen LogP contribution in [0.4, 0.5) is 0 Å². The van der Waals surface area contributed by atoms with E-state index in [2.05, 4.69) is 13.8 Å². The van der Waals surface area contributed by atoms with Crippen LogP contribution in [-0.2, 0) is 19.1 Å². The first-order valence-electron chi connectivity index (χ1n) is 20.2. The van der Waals surface area contributed by atoms with E-state index < -0.39 is 0 Å². The number of carbonyl (C=O) groups excluding carboxylic acids is 2. The van der Waals surface area contributed by atoms with Gasteiger partial charge in [0, 0.05) is 12.8 Å². The van der Waals surface area contributed by atoms with Crippen molar-refractivity contribution in [2.24, 2.45) is 0 Å². The molecule has 274 valence electrons. The third kappa shape index (κ3) is 35.7. The molecule has 0 spiro atoms. The second-order valence-electron chi connectivity index (χ2n) is 13.9. The normalized spacial score (nSPS) is 12.7. The van der Waals surface area contributed by atoms with Gasteiger partial charge in [0.15, 0.2) is 0 Å². The van der Waals surface area contributed by atoms with Crippen LogP contribution in [0.1, 0.15) is 219 Å². The molecule has 0 amide bonds. The molecule has 0 aliphatic rings. The lowest BCUT2D eigenvalue weighted by molar-refractivity contribution is -0.146. The summed E-state index contributed by atoms with van der Waals surface area (Å²) in [5, 5.41) is 20.1. The van der Waals surface area contributed by atoms with Crippen molar-refractivity contribution in [3.8, 4) is 0 Å². The predicted octanol–water partition coefficient (Wildman–Crippen LogP) is 11.3. The molecule has 0 saturated heterocycles. The molecule has 0 aromatic carbocycles. The Balaban J connectivity index is 3.33. The van der Waals surface area contributed by atoms with Gasteiger partial charge in [0.1, 0.15) is 0 Å². The van der Waals surface area contributed by atoms with Crippen molar-refractivity contribution in [2.75, 3.05) is 13.2 Å². The highest BCUT2D eigenvalue weighted by Crippen LogP contribution is 2.16. The zero-order valence-electron chi connectivity index (χ0n) is 30.7. The van der Waals surface area contributed by atoms with E-state index >= 15 is 0 Å². The second kappa shape index (κ2) is 36.7. The van der Waals surface area contributed by atoms with Gasteiger partial charge in [-0.1, -0.05) is 155 Å². The molecule has 0 aromatic rings. The Hall–Kier alpha value is -1.14. The largest absolute Gasteiger partial charge is 0.466 e. The summed E-state index contributed by atoms with van der Waals surface area (Å²) in [5.74, 6) is -0.227. The van der Waals surface area contributed by atoms with E-state index in [-0.39, 0.29) is 24.1 Å². The number of aliphatic hydroxyl groups excluding tert-OH is 2. The number of unbranched alkanes of at least 4 members (excludes halogenated alkanes) is 21. The van der Waals surface area contributed by atoms with Gasteiger partial charge in [-0.2, -0.15) is 0 Å². The minimum atomic E-state index is -0.114. The summed E-state index contributed by atoms with van der Waals surface area (Å²) >= 11 is 0. The number of rotatable bonds is 37. The molecule has 2 N–H and O–H groups in total. The van der Waals surface area contributed by atoms with E-state index in [1.165, 1.54) is 103 Å². The van der Waals surface area contributed by atoms with Crippen LogP contribution in [0.5, 0.6) is 0 Å². The van der Waals surface area contributed by atoms with Crippen LogP contribution in [0.3, 0.4) is 0 Å². The van der Waals surface area contributed by atoms with E-state index in [0.29, 0.717) is 26.1 Å². The van der Waals surface area contributed by atoms with Crippen molar-refractivity contribution in [3.05, 3.63) is 0 Å². The second-order valence-corrected chi connectivity index (χ2v) is 13.9. The van der Waals surface area contributed by atoms with E-state index in [1.807, 2.05) is 0 Å². The molecule has 0 saturated carbocycles. The Morgan fingerprint density at radius 1 is 0.391 bits per heavy atom. The highest BCUT2D eigenvalue weighted by Gasteiger charge is 2.07. The van der Waals surface area contributed by atoms with Gasteiger partial charge in [0.2, 0.25) is 0 Å². The van der Waals surface area contributed by atoms with Crippen molar-refractivity contribution in [1.82, 2.24) is 0 Å². The number of hydrogen-bond donors (Lipinski definition) is 2. The first kappa shape index (κ1) is 44.9. The number of esters is 2. The minimum Gasteiger partial charge on any atom is -0.466 e. The van der Waals surface area contributed by atoms with Crippen LogP contribution in [0, 0.1) is 0 Å². The van der Waals surface area contributed by atoms with Gasteiger partial charge in [-0.3, -0.25) is 9.59 Å². The zero-order chi connectivity index (χ0) is 33.8. The molecule has 0 aliphatic carbocycles. The third-order valence-corrected chi connectivity index (χ3v) is 9.18. The molecule has 0 aliphatic heterocycles. The lowest BCUT2D eigenvalue weighted by Crippen LogP contribution is -2.08. The number of ether oxygens (including phenoxy) is 2. The Bertz CT molecular complexity index is 585. The molecule has 0 radical (unpaired) electrons. The average molecular weight is 655 g/mol. The molecular weight excluding hydrogens is 576 g/mol. The van der Waals surface area contributed by atoms with E-state index in [0.717, 1.165) is 89.9 Å². The van der Waals surface area contributed by atoms with Crippen LogP contribution in [-0.4, -0.2) is 47.6 Å². The van der Waals surface area contributed by atoms with Gasteiger partial charge >= 0.3 is 11.9 Å². The van der Waals surface area contributed by atoms with Crippen LogP contribution in [0.25, 0.3) is 0 Å². The molecule has 0 fully saturated rings. The summed E-state index contributed by atoms with van der Waals surface area (Å²) in [5.41, 5.74) is 0. The summed E-state index contributed by atoms with van der Waals surface area (Å²) in [6.45, 7) is 5.25. The summed E-state index contributed by atoms with van der Waals surface area (Å²) < 4.78 is 10.7. The number of carbonyl (C=O) groups is 2. The van der Waals surface area contributed by atoms with Gasteiger partial charge in [0.05, 0.1) is 25.4 Å². The molecule has 6 heteroatoms. The number of aliphatic hydroxyl groups is 2. The molecule has 2 atom stereocenters. The highest BCUT2D eigenvalue weighted by atomic mass is 16.5. The minimum absolute atomic E-state index is 0.104. The van der Waals surface area contributed by atoms with Gasteiger partial charge in [-0.15, -0.1) is 0 Å². The monoisotopic (exact) mass is 655 g/mol. The Kier molecular flexibility index (Phi) is 35.8. The zero-order valence-corrected chi connectivity index (χ0v) is 30.7. The van der Waals surface area contributed by atoms with Crippen LogP contribution < -0.4 is 0 Å². The smallest absolute Gasteiger partial charge is 0.305 e. The van der Waals surface area contributed by atoms with Gasteiger partial charge in [-0.05, 0) is 51.4 Å². The fraction of sp³-hybridized carbons (Fsp3) is 0.950. The molecule has 6 nitrogen and oxygen atoms in total. The van der Waals surface area contributed by atoms with E-state index in [9.17, 15) is 19.8 Å². The third-order valence-electron chi connectivity index (χ3n) is 9.18. The van der Waals surface area contributed by atoms with Crippen molar-refractivity contribution in [2.45, 2.75) is 232 Å². The maximum Gasteiger partial charge on any atom is 0.305 e. The summed E-state index contributed by atoms with van der Waals surface area (Å²) in [6, 6.07) is 0. The molecule has 0 bridgehead atoms. The van der Waals surface area contributed by atoms with Crippen molar-refractivity contribution in [3.63, 3.8) is 0 Å². The fourth-order valence-corrected chi connectivity index (χ4v) is 6.04. The standard InChI is InChI=1S/C40H78O6/c1-3-5-7-21-29-37(41)31-23-17-13-9-11-15-19-25-33-39(43)45-35-27-28-36-46-40(44)34-26-20-16-12-10-14-18-24-32-38(42)30-22-8-6-4-2/h37-38,41-42H,3-36H2,1-2H3. The van der Waals surface area contributed by atoms with Gasteiger partial charge < -0.3 is 19.7 Å². The molecule has 0 rings (SSSR count). The maximum atomic E-state index is 11.9. The quantitative estimate of drug-likeness (QED) is 0.0511. The summed E-state index contributed by atoms with van der Waals surface area (Å²) in [4.78, 5) is 23.9. The predicted molar refractivity (Wildman–Crippen MR) is 193 cm³/mol. The topological polar surface area (TPSA) is 93.1 Å². The molecule has 46 heavy (non-hydrogen) atoms. The van der Waals surface area contributed by atoms with Gasteiger partial charge in [0.25, 0.3) is 0 Å². The Labute approximate surface area is 285 Å². The van der Waals surface area contributed by atoms with Crippen molar-refractivity contribution >= 4 is 11.9 Å². The maximum absolute atomic E-state index is 11.9. The lowest BCUT2D eigenvalue weighted by Gasteiger charge is -2.10. The lowest BCUT2D eigenvalue weighted by atomic mass is 10.0. The SMILES string of the molecule is CCCCCCC(O)CCCCCCCCCCC(=O)OCCCCOC(=O)CCCCCCCCCCC(O)CCCCCC. The Morgan fingerprint density at radius 2 is 0.652 bits per heavy atom. The van der Waals surface area contributed by atoms with E-state index in [1.54, 1.807) is 0 Å². The van der Waals surface area contributed by atoms with Crippen LogP contribution >= 0.6 is 0 Å². The van der Waals surface area contributed by atoms with Crippen LogP contribution in [0.15, 0.2) is 0 Å². The number of hydrogen-bond acceptors (Lipinski definition) is 6. The molecule has 0 heterocycles. The molecule has 2 unspecified atom stereocenters. The first-order chi connectivity index (χ1) is 22.5. The highest BCUT2D eigenvalue weighted by molar-refractivity contribution is 5.69. The van der Waals surface area contributed by atoms with E-state index in [4.69, 9.17) is 9.47 Å². The molecule has 0 aromatic heterocycles. The van der Waals surface area contributed by atoms with Crippen molar-refractivity contribution < 1.29 is 29.3 Å². The Morgan fingerprint density at radius 3 is 0.957 bits per heavy atom. The average Bonchev–Trinajstić information content (AvgIpc) is 3.04. The van der Waals surface area contributed by atoms with Crippen molar-refractivity contribution in [1.29, 1.82) is 0 Å².